The van der Waals surface area contributed by atoms with Crippen molar-refractivity contribution >= 4 is 23.1 Å². The molecule has 3 heterocycles. The van der Waals surface area contributed by atoms with Crippen LogP contribution in [0.2, 0.25) is 0 Å². The fraction of sp³-hybridized carbons (Fsp3) is 0.375. The maximum absolute atomic E-state index is 14.4. The molecule has 8 heteroatoms. The molecule has 0 unspecified atom stereocenters. The molecule has 0 saturated carbocycles. The number of hydrogen-bond acceptors (Lipinski definition) is 7. The highest BCUT2D eigenvalue weighted by molar-refractivity contribution is 6.21. The van der Waals surface area contributed by atoms with Gasteiger partial charge in [-0.1, -0.05) is 6.08 Å². The predicted molar refractivity (Wildman–Crippen MR) is 117 cm³/mol. The summed E-state index contributed by atoms with van der Waals surface area (Å²) >= 11 is 0. The number of hydrogen-bond donors (Lipinski definition) is 1. The number of allylic oxidation sites excluding steroid dienone is 2. The minimum Gasteiger partial charge on any atom is -0.497 e. The van der Waals surface area contributed by atoms with Crippen molar-refractivity contribution in [1.29, 1.82) is 5.26 Å². The molecule has 0 aromatic heterocycles. The first-order valence-corrected chi connectivity index (χ1v) is 10.3. The topological polar surface area (TPSA) is 115 Å². The fourth-order valence-electron chi connectivity index (χ4n) is 5.12. The molecule has 0 saturated heterocycles. The van der Waals surface area contributed by atoms with E-state index in [0.717, 1.165) is 11.1 Å². The largest absolute Gasteiger partial charge is 0.497 e. The van der Waals surface area contributed by atoms with E-state index < -0.39 is 22.8 Å². The number of anilines is 1. The van der Waals surface area contributed by atoms with Gasteiger partial charge in [-0.3, -0.25) is 4.79 Å². The van der Waals surface area contributed by atoms with Crippen molar-refractivity contribution in [3.8, 4) is 11.8 Å². The maximum Gasteiger partial charge on any atom is 0.339 e. The second-order valence-electron chi connectivity index (χ2n) is 8.55. The molecule has 4 rings (SSSR count). The summed E-state index contributed by atoms with van der Waals surface area (Å²) in [6, 6.07) is 5.58. The Morgan fingerprint density at radius 3 is 2.59 bits per heavy atom. The van der Waals surface area contributed by atoms with Crippen LogP contribution in [0.4, 0.5) is 5.69 Å². The van der Waals surface area contributed by atoms with Gasteiger partial charge in [0.05, 0.1) is 24.9 Å². The predicted octanol–water partition coefficient (Wildman–Crippen LogP) is 3.04. The normalized spacial score (nSPS) is 23.0. The standard InChI is InChI=1S/C24H25N3O5/c1-7-31-21(28)18-13(3)32-20(26)17(11-25)24(18)16-9-14(30-6)8-15-12(2)10-23(4,5)27(19(15)16)22(24)29/h8-10H,7,26H2,1-6H3/t24-/m1/s1. The Bertz CT molecular complexity index is 1210. The molecule has 1 spiro atoms. The van der Waals surface area contributed by atoms with Gasteiger partial charge in [0.15, 0.2) is 5.41 Å². The lowest BCUT2D eigenvalue weighted by molar-refractivity contribution is -0.141. The van der Waals surface area contributed by atoms with Crippen LogP contribution in [0.1, 0.15) is 45.7 Å². The van der Waals surface area contributed by atoms with Crippen LogP contribution in [0.3, 0.4) is 0 Å². The van der Waals surface area contributed by atoms with Crippen LogP contribution < -0.4 is 15.4 Å². The SMILES string of the molecule is CCOC(=O)C1=C(C)OC(N)=C(C#N)[C@@]12C(=O)N1c3c(cc(OC)cc32)C(C)=CC1(C)C. The Morgan fingerprint density at radius 1 is 1.31 bits per heavy atom. The van der Waals surface area contributed by atoms with E-state index in [4.69, 9.17) is 19.9 Å². The van der Waals surface area contributed by atoms with Crippen LogP contribution >= 0.6 is 0 Å². The van der Waals surface area contributed by atoms with Gasteiger partial charge in [0.25, 0.3) is 0 Å². The Morgan fingerprint density at radius 2 is 2.00 bits per heavy atom. The Kier molecular flexibility index (Phi) is 4.63. The van der Waals surface area contributed by atoms with Crippen molar-refractivity contribution in [2.45, 2.75) is 45.6 Å². The molecule has 2 N–H and O–H groups in total. The van der Waals surface area contributed by atoms with Crippen molar-refractivity contribution in [2.24, 2.45) is 5.73 Å². The van der Waals surface area contributed by atoms with Crippen LogP contribution in [-0.4, -0.2) is 31.1 Å². The van der Waals surface area contributed by atoms with Crippen molar-refractivity contribution in [1.82, 2.24) is 0 Å². The molecule has 1 amide bonds. The molecule has 8 nitrogen and oxygen atoms in total. The van der Waals surface area contributed by atoms with E-state index >= 15 is 0 Å². The smallest absolute Gasteiger partial charge is 0.339 e. The van der Waals surface area contributed by atoms with Gasteiger partial charge >= 0.3 is 5.97 Å². The van der Waals surface area contributed by atoms with Crippen LogP contribution in [0, 0.1) is 11.3 Å². The van der Waals surface area contributed by atoms with Crippen LogP contribution in [0.25, 0.3) is 5.57 Å². The molecule has 0 fully saturated rings. The molecule has 0 radical (unpaired) electrons. The molecular formula is C24H25N3O5. The zero-order chi connectivity index (χ0) is 23.6. The number of fused-ring (bicyclic) bond motifs is 1. The second-order valence-corrected chi connectivity index (χ2v) is 8.55. The van der Waals surface area contributed by atoms with E-state index in [1.165, 1.54) is 7.11 Å². The third-order valence-electron chi connectivity index (χ3n) is 6.24. The van der Waals surface area contributed by atoms with Crippen LogP contribution in [-0.2, 0) is 24.5 Å². The molecule has 1 aromatic rings. The first-order valence-electron chi connectivity index (χ1n) is 10.3. The number of carbonyl (C=O) groups excluding carboxylic acids is 2. The quantitative estimate of drug-likeness (QED) is 0.726. The summed E-state index contributed by atoms with van der Waals surface area (Å²) in [7, 11) is 1.52. The van der Waals surface area contributed by atoms with Gasteiger partial charge in [-0.15, -0.1) is 0 Å². The lowest BCUT2D eigenvalue weighted by Crippen LogP contribution is -2.54. The molecule has 0 aliphatic carbocycles. The van der Waals surface area contributed by atoms with E-state index in [9.17, 15) is 14.9 Å². The van der Waals surface area contributed by atoms with Gasteiger partial charge in [-0.25, -0.2) is 4.79 Å². The second kappa shape index (κ2) is 6.89. The number of rotatable bonds is 3. The Labute approximate surface area is 186 Å². The summed E-state index contributed by atoms with van der Waals surface area (Å²) in [6.45, 7) is 9.07. The molecule has 32 heavy (non-hydrogen) atoms. The fourth-order valence-corrected chi connectivity index (χ4v) is 5.12. The van der Waals surface area contributed by atoms with Gasteiger partial charge in [0, 0.05) is 11.1 Å². The van der Waals surface area contributed by atoms with Crippen molar-refractivity contribution in [3.05, 3.63) is 52.1 Å². The minimum absolute atomic E-state index is 0.0478. The first kappa shape index (κ1) is 21.5. The highest BCUT2D eigenvalue weighted by Gasteiger charge is 2.65. The number of ether oxygens (including phenoxy) is 3. The minimum atomic E-state index is -1.80. The average Bonchev–Trinajstić information content (AvgIpc) is 2.96. The summed E-state index contributed by atoms with van der Waals surface area (Å²) in [4.78, 5) is 29.2. The van der Waals surface area contributed by atoms with Gasteiger partial charge in [-0.2, -0.15) is 5.26 Å². The van der Waals surface area contributed by atoms with Gasteiger partial charge < -0.3 is 24.8 Å². The number of nitrogens with two attached hydrogens (primary N) is 1. The summed E-state index contributed by atoms with van der Waals surface area (Å²) in [6.07, 6.45) is 1.98. The average molecular weight is 435 g/mol. The highest BCUT2D eigenvalue weighted by Crippen LogP contribution is 2.59. The number of nitrogens with zero attached hydrogens (tertiary/aromatic N) is 2. The summed E-state index contributed by atoms with van der Waals surface area (Å²) in [5.74, 6) is -0.806. The van der Waals surface area contributed by atoms with E-state index in [-0.39, 0.29) is 29.4 Å². The first-order chi connectivity index (χ1) is 15.1. The van der Waals surface area contributed by atoms with Gasteiger partial charge in [-0.05, 0) is 52.3 Å². The number of methoxy groups -OCH3 is 1. The zero-order valence-electron chi connectivity index (χ0n) is 19.0. The van der Waals surface area contributed by atoms with E-state index in [0.29, 0.717) is 17.0 Å². The molecule has 3 aliphatic rings. The molecule has 166 valence electrons. The van der Waals surface area contributed by atoms with Crippen LogP contribution in [0.5, 0.6) is 5.75 Å². The summed E-state index contributed by atoms with van der Waals surface area (Å²) in [5.41, 5.74) is 6.22. The number of benzene rings is 1. The third kappa shape index (κ3) is 2.48. The van der Waals surface area contributed by atoms with E-state index in [1.54, 1.807) is 24.8 Å². The Balaban J connectivity index is 2.21. The third-order valence-corrected chi connectivity index (χ3v) is 6.24. The number of esters is 1. The van der Waals surface area contributed by atoms with Crippen molar-refractivity contribution < 1.29 is 23.8 Å². The molecule has 1 aromatic carbocycles. The number of carbonyl (C=O) groups is 2. The highest BCUT2D eigenvalue weighted by atomic mass is 16.5. The molecule has 0 bridgehead atoms. The number of nitriles is 1. The maximum atomic E-state index is 14.4. The number of amides is 1. The van der Waals surface area contributed by atoms with E-state index in [1.807, 2.05) is 39.0 Å². The summed E-state index contributed by atoms with van der Waals surface area (Å²) in [5, 5.41) is 10.1. The van der Waals surface area contributed by atoms with Crippen molar-refractivity contribution in [2.75, 3.05) is 18.6 Å². The van der Waals surface area contributed by atoms with Gasteiger partial charge in [0.2, 0.25) is 11.8 Å². The van der Waals surface area contributed by atoms with E-state index in [2.05, 4.69) is 0 Å². The lowest BCUT2D eigenvalue weighted by atomic mass is 9.68. The Hall–Kier alpha value is -3.73. The van der Waals surface area contributed by atoms with Crippen LogP contribution in [0.15, 0.2) is 41.0 Å². The molecule has 1 atom stereocenters. The monoisotopic (exact) mass is 435 g/mol. The molecule has 3 aliphatic heterocycles. The zero-order valence-corrected chi connectivity index (χ0v) is 19.0. The summed E-state index contributed by atoms with van der Waals surface area (Å²) < 4.78 is 16.4. The van der Waals surface area contributed by atoms with Crippen molar-refractivity contribution in [3.63, 3.8) is 0 Å². The lowest BCUT2D eigenvalue weighted by Gasteiger charge is -2.40. The van der Waals surface area contributed by atoms with Gasteiger partial charge in [0.1, 0.15) is 28.7 Å². The molecular weight excluding hydrogens is 410 g/mol.